The topological polar surface area (TPSA) is 131 Å². The Labute approximate surface area is 219 Å². The van der Waals surface area contributed by atoms with Gasteiger partial charge in [-0.05, 0) is 43.7 Å². The van der Waals surface area contributed by atoms with Gasteiger partial charge >= 0.3 is 11.9 Å². The van der Waals surface area contributed by atoms with Crippen LogP contribution in [0.5, 0.6) is 0 Å². The highest BCUT2D eigenvalue weighted by Crippen LogP contribution is 2.37. The Morgan fingerprint density at radius 3 is 2.11 bits per heavy atom. The number of carbonyl (C=O) groups excluding carboxylic acids is 2. The van der Waals surface area contributed by atoms with Crippen LogP contribution in [0.3, 0.4) is 0 Å². The van der Waals surface area contributed by atoms with E-state index < -0.39 is 30.2 Å². The van der Waals surface area contributed by atoms with E-state index in [9.17, 15) is 9.59 Å². The molecular formula is C28H27N5O5. The van der Waals surface area contributed by atoms with E-state index in [1.54, 1.807) is 42.3 Å². The van der Waals surface area contributed by atoms with E-state index in [1.165, 1.54) is 6.33 Å². The normalized spacial score (nSPS) is 18.8. The molecule has 4 aromatic rings. The van der Waals surface area contributed by atoms with Crippen molar-refractivity contribution < 1.29 is 23.8 Å². The molecule has 0 radical (unpaired) electrons. The van der Waals surface area contributed by atoms with Gasteiger partial charge in [-0.2, -0.15) is 0 Å². The van der Waals surface area contributed by atoms with Crippen LogP contribution in [-0.2, 0) is 14.2 Å². The Bertz CT molecular complexity index is 1510. The highest BCUT2D eigenvalue weighted by Gasteiger charge is 2.44. The number of rotatable bonds is 7. The van der Waals surface area contributed by atoms with Gasteiger partial charge in [0.2, 0.25) is 0 Å². The van der Waals surface area contributed by atoms with Crippen LogP contribution in [-0.4, -0.2) is 57.4 Å². The summed E-state index contributed by atoms with van der Waals surface area (Å²) in [5.41, 5.74) is 10.3. The molecule has 10 nitrogen and oxygen atoms in total. The average Bonchev–Trinajstić information content (AvgIpc) is 3.47. The van der Waals surface area contributed by atoms with Crippen LogP contribution >= 0.6 is 0 Å². The number of ether oxygens (including phenoxy) is 3. The lowest BCUT2D eigenvalue weighted by Gasteiger charge is -2.27. The average molecular weight is 514 g/mol. The van der Waals surface area contributed by atoms with Crippen molar-refractivity contribution >= 4 is 28.9 Å². The van der Waals surface area contributed by atoms with Gasteiger partial charge in [0.05, 0.1) is 30.1 Å². The fourth-order valence-corrected chi connectivity index (χ4v) is 4.45. The molecule has 0 fully saturated rings. The Kier molecular flexibility index (Phi) is 6.89. The molecule has 2 aromatic carbocycles. The zero-order valence-electron chi connectivity index (χ0n) is 21.2. The van der Waals surface area contributed by atoms with Crippen LogP contribution < -0.4 is 5.73 Å². The van der Waals surface area contributed by atoms with Crippen LogP contribution in [0.25, 0.3) is 11.2 Å². The number of nitrogens with two attached hydrogens (primary N) is 1. The molecule has 1 aliphatic carbocycles. The number of methoxy groups -OCH3 is 1. The molecule has 38 heavy (non-hydrogen) atoms. The number of aryl methyl sites for hydroxylation is 2. The maximum atomic E-state index is 13.3. The molecule has 0 aliphatic heterocycles. The van der Waals surface area contributed by atoms with Gasteiger partial charge in [0, 0.05) is 7.11 Å². The third kappa shape index (κ3) is 4.85. The van der Waals surface area contributed by atoms with E-state index in [1.807, 2.05) is 44.2 Å². The van der Waals surface area contributed by atoms with Gasteiger partial charge in [0.25, 0.3) is 0 Å². The van der Waals surface area contributed by atoms with Gasteiger partial charge in [-0.3, -0.25) is 0 Å². The van der Waals surface area contributed by atoms with Gasteiger partial charge in [-0.1, -0.05) is 41.5 Å². The van der Waals surface area contributed by atoms with E-state index in [4.69, 9.17) is 19.9 Å². The molecule has 194 valence electrons. The molecule has 10 heteroatoms. The van der Waals surface area contributed by atoms with E-state index in [2.05, 4.69) is 15.0 Å². The van der Waals surface area contributed by atoms with Crippen molar-refractivity contribution in [3.63, 3.8) is 0 Å². The molecule has 0 amide bonds. The van der Waals surface area contributed by atoms with Gasteiger partial charge < -0.3 is 24.5 Å². The van der Waals surface area contributed by atoms with Gasteiger partial charge in [0.15, 0.2) is 23.7 Å². The van der Waals surface area contributed by atoms with E-state index in [0.29, 0.717) is 27.9 Å². The second-order valence-electron chi connectivity index (χ2n) is 9.18. The van der Waals surface area contributed by atoms with E-state index >= 15 is 0 Å². The minimum atomic E-state index is -0.933. The highest BCUT2D eigenvalue weighted by molar-refractivity contribution is 5.91. The molecule has 0 saturated heterocycles. The molecule has 0 bridgehead atoms. The molecule has 2 N–H and O–H groups in total. The number of benzene rings is 2. The third-order valence-electron chi connectivity index (χ3n) is 6.46. The predicted octanol–water partition coefficient (Wildman–Crippen LogP) is 3.60. The van der Waals surface area contributed by atoms with Crippen LogP contribution in [0.2, 0.25) is 0 Å². The summed E-state index contributed by atoms with van der Waals surface area (Å²) in [7, 11) is 1.54. The Hall–Kier alpha value is -4.57. The first-order valence-corrected chi connectivity index (χ1v) is 12.0. The molecular weight excluding hydrogens is 486 g/mol. The van der Waals surface area contributed by atoms with Crippen LogP contribution in [0, 0.1) is 13.8 Å². The van der Waals surface area contributed by atoms with Crippen molar-refractivity contribution in [3.05, 3.63) is 95.1 Å². The smallest absolute Gasteiger partial charge is 0.338 e. The summed E-state index contributed by atoms with van der Waals surface area (Å²) in [5, 5.41) is 0. The lowest BCUT2D eigenvalue weighted by atomic mass is 10.1. The zero-order valence-corrected chi connectivity index (χ0v) is 21.2. The monoisotopic (exact) mass is 513 g/mol. The summed E-state index contributed by atoms with van der Waals surface area (Å²) in [5.74, 6) is -0.874. The predicted molar refractivity (Wildman–Crippen MR) is 139 cm³/mol. The number of imidazole rings is 1. The summed E-state index contributed by atoms with van der Waals surface area (Å²) < 4.78 is 19.2. The molecule has 3 unspecified atom stereocenters. The number of fused-ring (bicyclic) bond motifs is 1. The van der Waals surface area contributed by atoms with Crippen LogP contribution in [0.1, 0.15) is 37.9 Å². The number of aromatic nitrogens is 4. The quantitative estimate of drug-likeness (QED) is 0.291. The second-order valence-corrected chi connectivity index (χ2v) is 9.18. The lowest BCUT2D eigenvalue weighted by Crippen LogP contribution is -2.38. The molecule has 2 aromatic heterocycles. The molecule has 5 rings (SSSR count). The summed E-state index contributed by atoms with van der Waals surface area (Å²) in [6, 6.07) is 13.5. The van der Waals surface area contributed by atoms with Crippen molar-refractivity contribution in [2.45, 2.75) is 32.1 Å². The number of anilines is 1. The van der Waals surface area contributed by atoms with Crippen molar-refractivity contribution in [3.8, 4) is 0 Å². The van der Waals surface area contributed by atoms with Crippen molar-refractivity contribution in [2.24, 2.45) is 0 Å². The van der Waals surface area contributed by atoms with Gasteiger partial charge in [-0.15, -0.1) is 0 Å². The van der Waals surface area contributed by atoms with Crippen LogP contribution in [0.4, 0.5) is 5.82 Å². The first-order chi connectivity index (χ1) is 18.4. The summed E-state index contributed by atoms with van der Waals surface area (Å²) in [6.45, 7) is 4.02. The minimum absolute atomic E-state index is 0.157. The van der Waals surface area contributed by atoms with Gasteiger partial charge in [0.1, 0.15) is 11.8 Å². The Balaban J connectivity index is 1.54. The number of hydrogen-bond donors (Lipinski definition) is 1. The van der Waals surface area contributed by atoms with Crippen molar-refractivity contribution in [1.29, 1.82) is 0 Å². The van der Waals surface area contributed by atoms with Crippen molar-refractivity contribution in [1.82, 2.24) is 19.5 Å². The molecule has 0 spiro atoms. The highest BCUT2D eigenvalue weighted by atomic mass is 16.6. The van der Waals surface area contributed by atoms with Crippen LogP contribution in [0.15, 0.2) is 72.8 Å². The summed E-state index contributed by atoms with van der Waals surface area (Å²) >= 11 is 0. The molecule has 0 saturated carbocycles. The second kappa shape index (κ2) is 10.4. The summed E-state index contributed by atoms with van der Waals surface area (Å²) in [6.07, 6.45) is 2.89. The number of esters is 2. The molecule has 2 heterocycles. The summed E-state index contributed by atoms with van der Waals surface area (Å²) in [4.78, 5) is 39.1. The maximum absolute atomic E-state index is 13.3. The number of carbonyl (C=O) groups is 2. The molecule has 1 aliphatic rings. The van der Waals surface area contributed by atoms with Gasteiger partial charge in [-0.25, -0.2) is 24.5 Å². The number of nitrogen functional groups attached to an aromatic ring is 1. The fourth-order valence-electron chi connectivity index (χ4n) is 4.45. The first-order valence-electron chi connectivity index (χ1n) is 12.0. The lowest BCUT2D eigenvalue weighted by molar-refractivity contribution is -0.0307. The number of hydrogen-bond acceptors (Lipinski definition) is 9. The standard InChI is InChI=1S/C28H27N5O5/c1-16-4-8-18(9-5-16)27(34)37-23-20(13-36-3)12-21(33-15-32-22-25(29)30-14-31-26(22)33)24(23)38-28(35)19-10-6-17(2)7-11-19/h4-12,14-15,21,23-24H,13H2,1-3H3,(H2,29,30,31). The Morgan fingerprint density at radius 2 is 1.50 bits per heavy atom. The first kappa shape index (κ1) is 25.1. The van der Waals surface area contributed by atoms with E-state index in [0.717, 1.165) is 11.1 Å². The zero-order chi connectivity index (χ0) is 26.8. The third-order valence-corrected chi connectivity index (χ3v) is 6.46. The Morgan fingerprint density at radius 1 is 0.895 bits per heavy atom. The largest absolute Gasteiger partial charge is 0.452 e. The van der Waals surface area contributed by atoms with E-state index in [-0.39, 0.29) is 12.4 Å². The minimum Gasteiger partial charge on any atom is -0.452 e. The maximum Gasteiger partial charge on any atom is 0.338 e. The molecule has 3 atom stereocenters. The fraction of sp³-hybridized carbons (Fsp3) is 0.250. The van der Waals surface area contributed by atoms with Crippen molar-refractivity contribution in [2.75, 3.05) is 19.5 Å². The number of nitrogens with zero attached hydrogens (tertiary/aromatic N) is 4. The SMILES string of the molecule is COCC1=CC(n2cnc3c(N)ncnc32)C(OC(=O)c2ccc(C)cc2)C1OC(=O)c1ccc(C)cc1.